The minimum absolute atomic E-state index is 0.139. The Hall–Kier alpha value is -4.45. The minimum Gasteiger partial charge on any atom is -0.462 e. The zero-order valence-electron chi connectivity index (χ0n) is 37.9. The van der Waals surface area contributed by atoms with Crippen molar-refractivity contribution in [1.82, 2.24) is 0 Å². The Labute approximate surface area is 366 Å². The van der Waals surface area contributed by atoms with Gasteiger partial charge in [-0.2, -0.15) is 0 Å². The van der Waals surface area contributed by atoms with Gasteiger partial charge in [-0.25, -0.2) is 0 Å². The van der Waals surface area contributed by atoms with E-state index in [4.69, 9.17) is 14.2 Å². The average molecular weight is 827 g/mol. The van der Waals surface area contributed by atoms with Crippen molar-refractivity contribution < 1.29 is 28.6 Å². The minimum atomic E-state index is -0.850. The number of ether oxygens (including phenoxy) is 3. The molecule has 0 bridgehead atoms. The summed E-state index contributed by atoms with van der Waals surface area (Å²) in [5.41, 5.74) is 0. The van der Waals surface area contributed by atoms with E-state index in [1.165, 1.54) is 57.8 Å². The number of allylic oxidation sites excluding steroid dienone is 22. The predicted molar refractivity (Wildman–Crippen MR) is 256 cm³/mol. The third kappa shape index (κ3) is 44.6. The summed E-state index contributed by atoms with van der Waals surface area (Å²) in [6.07, 6.45) is 65.9. The van der Waals surface area contributed by atoms with Crippen LogP contribution in [-0.2, 0) is 28.6 Å². The molecule has 60 heavy (non-hydrogen) atoms. The van der Waals surface area contributed by atoms with Crippen LogP contribution in [0.25, 0.3) is 0 Å². The molecular weight excluding hydrogens is 745 g/mol. The number of unbranched alkanes of at least 4 members (excludes halogenated alkanes) is 14. The summed E-state index contributed by atoms with van der Waals surface area (Å²) < 4.78 is 16.6. The number of hydrogen-bond acceptors (Lipinski definition) is 6. The monoisotopic (exact) mass is 827 g/mol. The van der Waals surface area contributed by atoms with E-state index in [-0.39, 0.29) is 38.0 Å². The lowest BCUT2D eigenvalue weighted by atomic mass is 10.1. The maximum atomic E-state index is 12.7. The molecule has 0 fully saturated rings. The molecule has 0 rings (SSSR count). The zero-order chi connectivity index (χ0) is 43.7. The van der Waals surface area contributed by atoms with Crippen molar-refractivity contribution >= 4 is 17.9 Å². The fraction of sp³-hybridized carbons (Fsp3) is 0.537. The summed E-state index contributed by atoms with van der Waals surface area (Å²) in [6, 6.07) is 0. The van der Waals surface area contributed by atoms with Crippen molar-refractivity contribution in [2.24, 2.45) is 0 Å². The molecule has 0 N–H and O–H groups in total. The maximum Gasteiger partial charge on any atom is 0.306 e. The molecule has 0 amide bonds. The highest BCUT2D eigenvalue weighted by atomic mass is 16.6. The number of carbonyl (C=O) groups is 3. The zero-order valence-corrected chi connectivity index (χ0v) is 37.9. The summed E-state index contributed by atoms with van der Waals surface area (Å²) in [5, 5.41) is 0. The first-order valence-corrected chi connectivity index (χ1v) is 23.3. The second-order valence-electron chi connectivity index (χ2n) is 14.8. The molecule has 0 saturated heterocycles. The summed E-state index contributed by atoms with van der Waals surface area (Å²) in [6.45, 7) is 6.17. The van der Waals surface area contributed by atoms with Crippen LogP contribution < -0.4 is 0 Å². The predicted octanol–water partition coefficient (Wildman–Crippen LogP) is 15.1. The fourth-order valence-electron chi connectivity index (χ4n) is 5.67. The third-order valence-electron chi connectivity index (χ3n) is 9.13. The van der Waals surface area contributed by atoms with E-state index >= 15 is 0 Å². The van der Waals surface area contributed by atoms with E-state index < -0.39 is 12.1 Å². The normalized spacial score (nSPS) is 13.3. The summed E-state index contributed by atoms with van der Waals surface area (Å²) in [5.74, 6) is -1.11. The molecule has 6 nitrogen and oxygen atoms in total. The molecule has 0 aliphatic carbocycles. The van der Waals surface area contributed by atoms with Gasteiger partial charge >= 0.3 is 17.9 Å². The van der Waals surface area contributed by atoms with Crippen LogP contribution in [0.4, 0.5) is 0 Å². The number of hydrogen-bond donors (Lipinski definition) is 0. The molecule has 0 aromatic rings. The van der Waals surface area contributed by atoms with Gasteiger partial charge in [0.1, 0.15) is 13.2 Å². The highest BCUT2D eigenvalue weighted by Crippen LogP contribution is 2.12. The first kappa shape index (κ1) is 55.5. The lowest BCUT2D eigenvalue weighted by molar-refractivity contribution is -0.167. The lowest BCUT2D eigenvalue weighted by Gasteiger charge is -2.18. The van der Waals surface area contributed by atoms with Crippen LogP contribution in [0.3, 0.4) is 0 Å². The molecule has 0 radical (unpaired) electrons. The number of esters is 3. The molecule has 0 aromatic carbocycles. The third-order valence-corrected chi connectivity index (χ3v) is 9.13. The second-order valence-corrected chi connectivity index (χ2v) is 14.8. The Balaban J connectivity index is 4.62. The Morgan fingerprint density at radius 3 is 1.12 bits per heavy atom. The Morgan fingerprint density at radius 2 is 0.683 bits per heavy atom. The Kier molecular flexibility index (Phi) is 43.7. The highest BCUT2D eigenvalue weighted by Gasteiger charge is 2.19. The second kappa shape index (κ2) is 47.2. The standard InChI is InChI=1S/C54H82O6/c1-4-7-10-13-16-19-22-25-26-27-30-32-35-38-41-44-47-53(56)59-50-51(60-54(57)48-45-42-39-36-33-29-24-21-18-15-12-9-6-3)49-58-52(55)46-43-40-37-34-31-28-23-20-17-14-11-8-5-2/h8-9,11-12,14-15,17-18,20-21,23-24,26-29,31,33-34,36-37,39,51H,4-7,10,13,16,19,22,25,30,32,35,38,40-50H2,1-3H3/b11-8+,12-9+,17-14+,18-15+,23-20+,24-21+,27-26+,31-28+,33-29+,37-34+,39-36+. The average Bonchev–Trinajstić information content (AvgIpc) is 3.24. The van der Waals surface area contributed by atoms with E-state index in [1.807, 2.05) is 109 Å². The van der Waals surface area contributed by atoms with Crippen molar-refractivity contribution in [3.63, 3.8) is 0 Å². The van der Waals surface area contributed by atoms with E-state index in [0.29, 0.717) is 25.7 Å². The molecular formula is C54H82O6. The Morgan fingerprint density at radius 1 is 0.350 bits per heavy atom. The summed E-state index contributed by atoms with van der Waals surface area (Å²) in [7, 11) is 0. The molecule has 1 unspecified atom stereocenters. The van der Waals surface area contributed by atoms with Gasteiger partial charge in [-0.1, -0.05) is 212 Å². The van der Waals surface area contributed by atoms with Crippen molar-refractivity contribution in [3.05, 3.63) is 134 Å². The lowest BCUT2D eigenvalue weighted by Crippen LogP contribution is -2.30. The molecule has 0 aromatic heterocycles. The summed E-state index contributed by atoms with van der Waals surface area (Å²) in [4.78, 5) is 37.8. The largest absolute Gasteiger partial charge is 0.462 e. The SMILES string of the molecule is CC/C=C/C=C/C=C/C=C/C=C/CCCC(=O)OCC(COC(=O)CCCCCCC/C=C/CCCCCCCCC)OC(=O)CCC/C=C/C=C/C=C/C=C/C=C/CC. The topological polar surface area (TPSA) is 78.9 Å². The molecule has 334 valence electrons. The van der Waals surface area contributed by atoms with Gasteiger partial charge < -0.3 is 14.2 Å². The van der Waals surface area contributed by atoms with E-state index in [1.54, 1.807) is 0 Å². The van der Waals surface area contributed by atoms with Gasteiger partial charge in [0.25, 0.3) is 0 Å². The van der Waals surface area contributed by atoms with Crippen LogP contribution in [0.2, 0.25) is 0 Å². The summed E-state index contributed by atoms with van der Waals surface area (Å²) >= 11 is 0. The van der Waals surface area contributed by atoms with Gasteiger partial charge in [0.15, 0.2) is 6.10 Å². The van der Waals surface area contributed by atoms with Crippen LogP contribution in [0.1, 0.15) is 168 Å². The molecule has 0 saturated carbocycles. The van der Waals surface area contributed by atoms with Crippen LogP contribution in [0.15, 0.2) is 134 Å². The van der Waals surface area contributed by atoms with Crippen molar-refractivity contribution in [2.75, 3.05) is 13.2 Å². The first-order chi connectivity index (χ1) is 29.5. The van der Waals surface area contributed by atoms with Gasteiger partial charge in [-0.15, -0.1) is 0 Å². The van der Waals surface area contributed by atoms with Gasteiger partial charge in [-0.3, -0.25) is 14.4 Å². The van der Waals surface area contributed by atoms with E-state index in [9.17, 15) is 14.4 Å². The van der Waals surface area contributed by atoms with Crippen molar-refractivity contribution in [2.45, 2.75) is 175 Å². The maximum absolute atomic E-state index is 12.7. The Bertz CT molecular complexity index is 1370. The highest BCUT2D eigenvalue weighted by molar-refractivity contribution is 5.71. The van der Waals surface area contributed by atoms with Crippen LogP contribution in [-0.4, -0.2) is 37.2 Å². The van der Waals surface area contributed by atoms with Crippen LogP contribution in [0, 0.1) is 0 Å². The van der Waals surface area contributed by atoms with Gasteiger partial charge in [0.2, 0.25) is 0 Å². The quantitative estimate of drug-likeness (QED) is 0.0202. The van der Waals surface area contributed by atoms with Gasteiger partial charge in [-0.05, 0) is 70.6 Å². The molecule has 1 atom stereocenters. The van der Waals surface area contributed by atoms with E-state index in [0.717, 1.165) is 51.4 Å². The smallest absolute Gasteiger partial charge is 0.306 e. The fourth-order valence-corrected chi connectivity index (χ4v) is 5.67. The first-order valence-electron chi connectivity index (χ1n) is 23.3. The van der Waals surface area contributed by atoms with Crippen LogP contribution >= 0.6 is 0 Å². The molecule has 0 aliphatic heterocycles. The van der Waals surface area contributed by atoms with E-state index in [2.05, 4.69) is 45.1 Å². The van der Waals surface area contributed by atoms with Crippen molar-refractivity contribution in [1.29, 1.82) is 0 Å². The van der Waals surface area contributed by atoms with Crippen LogP contribution in [0.5, 0.6) is 0 Å². The van der Waals surface area contributed by atoms with Gasteiger partial charge in [0, 0.05) is 19.3 Å². The molecule has 0 heterocycles. The molecule has 0 aliphatic rings. The molecule has 6 heteroatoms. The van der Waals surface area contributed by atoms with Crippen molar-refractivity contribution in [3.8, 4) is 0 Å². The number of carbonyl (C=O) groups excluding carboxylic acids is 3. The van der Waals surface area contributed by atoms with Gasteiger partial charge in [0.05, 0.1) is 0 Å². The molecule has 0 spiro atoms. The number of rotatable bonds is 39.